The summed E-state index contributed by atoms with van der Waals surface area (Å²) in [7, 11) is 1.80. The van der Waals surface area contributed by atoms with E-state index in [0.29, 0.717) is 54.9 Å². The number of rotatable bonds is 20. The first-order valence-electron chi connectivity index (χ1n) is 17.9. The van der Waals surface area contributed by atoms with Gasteiger partial charge in [0.1, 0.15) is 18.9 Å². The number of halogens is 1. The zero-order valence-corrected chi connectivity index (χ0v) is 30.3. The smallest absolute Gasteiger partial charge is 0.347 e. The number of benzene rings is 1. The van der Waals surface area contributed by atoms with Crippen molar-refractivity contribution in [2.75, 3.05) is 39.9 Å². The molecule has 1 fully saturated rings. The summed E-state index contributed by atoms with van der Waals surface area (Å²) in [6.07, 6.45) is 16.9. The molecule has 3 heterocycles. The average Bonchev–Trinajstić information content (AvgIpc) is 3.12. The second-order valence-electron chi connectivity index (χ2n) is 12.9. The monoisotopic (exact) mass is 710 g/mol. The summed E-state index contributed by atoms with van der Waals surface area (Å²) in [5.41, 5.74) is 0.713. The van der Waals surface area contributed by atoms with Crippen molar-refractivity contribution in [1.29, 1.82) is 0 Å². The number of unbranched alkanes of at least 4 members (excludes halogenated alkanes) is 9. The number of ether oxygens (including phenoxy) is 1. The van der Waals surface area contributed by atoms with E-state index < -0.39 is 11.2 Å². The number of hydrogen-bond acceptors (Lipinski definition) is 8. The van der Waals surface area contributed by atoms with Crippen LogP contribution in [0.1, 0.15) is 87.8 Å². The lowest BCUT2D eigenvalue weighted by Crippen LogP contribution is -2.43. The van der Waals surface area contributed by atoms with Gasteiger partial charge in [-0.05, 0) is 29.7 Å². The number of thioether (sulfide) groups is 1. The average molecular weight is 711 g/mol. The maximum Gasteiger partial charge on any atom is 0.347 e. The Hall–Kier alpha value is -3.84. The molecule has 3 aromatic rings. The van der Waals surface area contributed by atoms with Crippen LogP contribution in [0.4, 0.5) is 4.39 Å². The summed E-state index contributed by atoms with van der Waals surface area (Å²) < 4.78 is 21.7. The largest absolute Gasteiger partial charge is 0.378 e. The molecule has 0 atom stereocenters. The molecule has 0 radical (unpaired) electrons. The highest BCUT2D eigenvalue weighted by molar-refractivity contribution is 7.98. The van der Waals surface area contributed by atoms with Gasteiger partial charge in [-0.15, -0.1) is 0 Å². The van der Waals surface area contributed by atoms with Crippen molar-refractivity contribution in [2.45, 2.75) is 102 Å². The fraction of sp³-hybridized carbons (Fsp3) is 0.568. The van der Waals surface area contributed by atoms with Gasteiger partial charge < -0.3 is 19.1 Å². The number of carbonyl (C=O) groups excluding carboxylic acids is 2. The van der Waals surface area contributed by atoms with Gasteiger partial charge in [-0.2, -0.15) is 4.98 Å². The molecule has 1 aliphatic rings. The molecule has 0 N–H and O–H groups in total. The molecule has 50 heavy (non-hydrogen) atoms. The van der Waals surface area contributed by atoms with Gasteiger partial charge in [0, 0.05) is 63.0 Å². The van der Waals surface area contributed by atoms with Gasteiger partial charge in [0.05, 0.1) is 13.2 Å². The highest BCUT2D eigenvalue weighted by Crippen LogP contribution is 2.22. The van der Waals surface area contributed by atoms with Crippen LogP contribution in [0.5, 0.6) is 0 Å². The van der Waals surface area contributed by atoms with Gasteiger partial charge in [0.15, 0.2) is 5.16 Å². The van der Waals surface area contributed by atoms with E-state index in [0.717, 1.165) is 24.8 Å². The quantitative estimate of drug-likeness (QED) is 0.0908. The van der Waals surface area contributed by atoms with Crippen LogP contribution in [0.2, 0.25) is 0 Å². The van der Waals surface area contributed by atoms with Crippen LogP contribution in [0.25, 0.3) is 0 Å². The van der Waals surface area contributed by atoms with Crippen LogP contribution >= 0.6 is 11.8 Å². The van der Waals surface area contributed by atoms with Gasteiger partial charge in [-0.1, -0.05) is 88.6 Å². The highest BCUT2D eigenvalue weighted by Gasteiger charge is 2.19. The van der Waals surface area contributed by atoms with Crippen LogP contribution in [0.15, 0.2) is 57.6 Å². The lowest BCUT2D eigenvalue weighted by atomic mass is 10.1. The van der Waals surface area contributed by atoms with Crippen LogP contribution in [-0.2, 0) is 39.6 Å². The molecule has 1 saturated heterocycles. The summed E-state index contributed by atoms with van der Waals surface area (Å²) in [4.78, 5) is 63.6. The molecule has 1 aliphatic heterocycles. The first-order chi connectivity index (χ1) is 24.2. The maximum atomic E-state index is 13.5. The van der Waals surface area contributed by atoms with Gasteiger partial charge in [-0.3, -0.25) is 19.0 Å². The second-order valence-corrected chi connectivity index (χ2v) is 13.9. The minimum atomic E-state index is -0.561. The van der Waals surface area contributed by atoms with Crippen LogP contribution in [0, 0.1) is 5.82 Å². The Balaban J connectivity index is 1.42. The summed E-state index contributed by atoms with van der Waals surface area (Å²) >= 11 is 1.30. The minimum absolute atomic E-state index is 0.00785. The zero-order chi connectivity index (χ0) is 35.7. The summed E-state index contributed by atoms with van der Waals surface area (Å²) in [6, 6.07) is 6.12. The molecule has 0 aliphatic carbocycles. The fourth-order valence-corrected chi connectivity index (χ4v) is 6.73. The molecule has 0 bridgehead atoms. The third-order valence-corrected chi connectivity index (χ3v) is 9.92. The van der Waals surface area contributed by atoms with Crippen molar-refractivity contribution < 1.29 is 18.7 Å². The van der Waals surface area contributed by atoms with Gasteiger partial charge in [-0.25, -0.2) is 14.2 Å². The molecule has 0 unspecified atom stereocenters. The van der Waals surface area contributed by atoms with Crippen LogP contribution in [0.3, 0.4) is 0 Å². The van der Waals surface area contributed by atoms with E-state index in [9.17, 15) is 23.6 Å². The van der Waals surface area contributed by atoms with Crippen molar-refractivity contribution in [2.24, 2.45) is 0 Å². The van der Waals surface area contributed by atoms with Crippen molar-refractivity contribution in [3.63, 3.8) is 0 Å². The van der Waals surface area contributed by atoms with E-state index in [-0.39, 0.29) is 37.1 Å². The number of likely N-dealkylation sites (N-methyl/N-ethyl adjacent to an activating group) is 1. The zero-order valence-electron chi connectivity index (χ0n) is 29.5. The predicted octanol–water partition coefficient (Wildman–Crippen LogP) is 5.06. The predicted molar refractivity (Wildman–Crippen MR) is 193 cm³/mol. The number of nitrogens with zero attached hydrogens (tertiary/aromatic N) is 6. The first kappa shape index (κ1) is 39.0. The maximum absolute atomic E-state index is 13.5. The fourth-order valence-electron chi connectivity index (χ4n) is 5.81. The number of amides is 2. The van der Waals surface area contributed by atoms with Gasteiger partial charge >= 0.3 is 5.69 Å². The van der Waals surface area contributed by atoms with Crippen molar-refractivity contribution in [1.82, 2.24) is 28.9 Å². The Morgan fingerprint density at radius 1 is 0.880 bits per heavy atom. The molecule has 11 nitrogen and oxygen atoms in total. The summed E-state index contributed by atoms with van der Waals surface area (Å²) in [6.45, 7) is 4.53. The lowest BCUT2D eigenvalue weighted by Gasteiger charge is -2.27. The molecular weight excluding hydrogens is 660 g/mol. The molecule has 272 valence electrons. The van der Waals surface area contributed by atoms with E-state index in [2.05, 4.69) is 16.9 Å². The molecule has 4 rings (SSSR count). The van der Waals surface area contributed by atoms with E-state index in [1.807, 2.05) is 0 Å². The Morgan fingerprint density at radius 3 is 2.22 bits per heavy atom. The number of aromatic nitrogens is 4. The van der Waals surface area contributed by atoms with E-state index in [1.54, 1.807) is 45.9 Å². The first-order valence-corrected chi connectivity index (χ1v) is 18.8. The number of carbonyl (C=O) groups is 2. The summed E-state index contributed by atoms with van der Waals surface area (Å²) in [5.74, 6) is -0.208. The Morgan fingerprint density at radius 2 is 1.54 bits per heavy atom. The van der Waals surface area contributed by atoms with E-state index in [1.165, 1.54) is 79.6 Å². The Labute approximate surface area is 298 Å². The minimum Gasteiger partial charge on any atom is -0.378 e. The number of morpholine rings is 1. The molecular formula is C37H51FN6O5S. The van der Waals surface area contributed by atoms with Gasteiger partial charge in [0.25, 0.3) is 5.56 Å². The second kappa shape index (κ2) is 20.7. The van der Waals surface area contributed by atoms with Gasteiger partial charge in [0.2, 0.25) is 11.8 Å². The number of hydrogen-bond donors (Lipinski definition) is 0. The molecule has 13 heteroatoms. The third kappa shape index (κ3) is 12.8. The molecule has 2 aromatic heterocycles. The lowest BCUT2D eigenvalue weighted by molar-refractivity contribution is -0.136. The van der Waals surface area contributed by atoms with Crippen LogP contribution < -0.4 is 11.2 Å². The van der Waals surface area contributed by atoms with Crippen molar-refractivity contribution in [3.8, 4) is 0 Å². The molecule has 1 aromatic carbocycles. The van der Waals surface area contributed by atoms with E-state index in [4.69, 9.17) is 4.74 Å². The van der Waals surface area contributed by atoms with Crippen molar-refractivity contribution in [3.05, 3.63) is 86.2 Å². The normalized spacial score (nSPS) is 13.1. The SMILES string of the molecule is CCCCCCCCCCCCN(C)C(=O)Cn1cc(Cc2cnc(=O)n(CC(=O)N3CCOCC3)c2)c(=O)nc1SCc1ccc(F)cc1. The van der Waals surface area contributed by atoms with Crippen LogP contribution in [-0.4, -0.2) is 80.6 Å². The Bertz CT molecular complexity index is 1640. The molecule has 2 amide bonds. The highest BCUT2D eigenvalue weighted by atomic mass is 32.2. The summed E-state index contributed by atoms with van der Waals surface area (Å²) in [5, 5.41) is 0.378. The third-order valence-electron chi connectivity index (χ3n) is 8.86. The topological polar surface area (TPSA) is 120 Å². The molecule has 0 spiro atoms. The standard InChI is InChI=1S/C37H51FN6O5S/c1-3-4-5-6-7-8-9-10-11-12-17-41(2)33(45)26-44-25-31(35(47)40-37(44)50-28-29-13-15-32(38)16-14-29)22-30-23-39-36(48)43(24-30)27-34(46)42-18-20-49-21-19-42/h13-16,23-25H,3-12,17-22,26-28H2,1-2H3. The van der Waals surface area contributed by atoms with E-state index >= 15 is 0 Å². The Kier molecular flexibility index (Phi) is 16.2. The molecule has 0 saturated carbocycles. The van der Waals surface area contributed by atoms with Crippen molar-refractivity contribution >= 4 is 23.6 Å².